The standard InChI is InChI=1S/C32H35F6N5O4/c1-29(2,3)47-28(45)43(30(4)10-7-11-30)15-19-12-22-23(25(13-19)31(33,34)35)16-42(27(22)44)21-9-6-8-20(14-21)24(17-46-32(36,37)38)26-40-39-18-41(26)5/h6,8-9,12-14,18,24H,7,10-11,15-17H2,1-5H3. The van der Waals surface area contributed by atoms with Gasteiger partial charge >= 0.3 is 18.6 Å². The molecule has 1 saturated carbocycles. The number of nitrogens with zero attached hydrogens (tertiary/aromatic N) is 5. The molecule has 0 N–H and O–H groups in total. The van der Waals surface area contributed by atoms with Crippen LogP contribution in [-0.2, 0) is 35.8 Å². The zero-order valence-corrected chi connectivity index (χ0v) is 26.5. The number of hydrogen-bond donors (Lipinski definition) is 0. The molecular weight excluding hydrogens is 632 g/mol. The van der Waals surface area contributed by atoms with Crippen LogP contribution in [0.15, 0.2) is 42.7 Å². The van der Waals surface area contributed by atoms with E-state index < -0.39 is 60.3 Å². The van der Waals surface area contributed by atoms with E-state index in [2.05, 4.69) is 14.9 Å². The molecule has 1 atom stereocenters. The van der Waals surface area contributed by atoms with Crippen LogP contribution in [0.25, 0.3) is 0 Å². The Kier molecular flexibility index (Phi) is 8.84. The van der Waals surface area contributed by atoms with Crippen molar-refractivity contribution < 1.29 is 45.4 Å². The number of benzene rings is 2. The molecule has 1 fully saturated rings. The van der Waals surface area contributed by atoms with E-state index in [0.717, 1.165) is 17.4 Å². The second kappa shape index (κ2) is 12.1. The molecule has 2 aliphatic rings. The van der Waals surface area contributed by atoms with Gasteiger partial charge in [-0.05, 0) is 87.9 Å². The number of rotatable bonds is 8. The van der Waals surface area contributed by atoms with Gasteiger partial charge in [-0.2, -0.15) is 13.2 Å². The highest BCUT2D eigenvalue weighted by molar-refractivity contribution is 6.10. The lowest BCUT2D eigenvalue weighted by atomic mass is 9.77. The minimum atomic E-state index is -4.93. The molecule has 0 spiro atoms. The van der Waals surface area contributed by atoms with Crippen LogP contribution in [0.4, 0.5) is 36.8 Å². The fourth-order valence-electron chi connectivity index (χ4n) is 5.97. The van der Waals surface area contributed by atoms with Crippen molar-refractivity contribution in [3.8, 4) is 0 Å². The van der Waals surface area contributed by atoms with Crippen LogP contribution in [0.5, 0.6) is 0 Å². The average molecular weight is 668 g/mol. The van der Waals surface area contributed by atoms with Gasteiger partial charge in [0.25, 0.3) is 5.91 Å². The topological polar surface area (TPSA) is 89.8 Å². The molecule has 254 valence electrons. The third-order valence-corrected chi connectivity index (χ3v) is 8.50. The first-order valence-electron chi connectivity index (χ1n) is 15.0. The summed E-state index contributed by atoms with van der Waals surface area (Å²) in [5.74, 6) is -1.63. The fourth-order valence-corrected chi connectivity index (χ4v) is 5.97. The van der Waals surface area contributed by atoms with E-state index in [1.165, 1.54) is 46.1 Å². The highest BCUT2D eigenvalue weighted by Gasteiger charge is 2.44. The Bertz CT molecular complexity index is 1660. The molecule has 1 aliphatic carbocycles. The summed E-state index contributed by atoms with van der Waals surface area (Å²) in [4.78, 5) is 29.6. The first-order valence-corrected chi connectivity index (χ1v) is 15.0. The maximum atomic E-state index is 14.5. The predicted octanol–water partition coefficient (Wildman–Crippen LogP) is 7.34. The second-order valence-corrected chi connectivity index (χ2v) is 13.2. The molecule has 5 rings (SSSR count). The summed E-state index contributed by atoms with van der Waals surface area (Å²) in [6.45, 7) is 5.48. The second-order valence-electron chi connectivity index (χ2n) is 13.2. The third kappa shape index (κ3) is 7.39. The summed E-state index contributed by atoms with van der Waals surface area (Å²) < 4.78 is 93.7. The number of fused-ring (bicyclic) bond motifs is 1. The number of anilines is 1. The van der Waals surface area contributed by atoms with Gasteiger partial charge in [-0.3, -0.25) is 14.4 Å². The van der Waals surface area contributed by atoms with Gasteiger partial charge in [0.05, 0.1) is 24.6 Å². The molecule has 2 amide bonds. The van der Waals surface area contributed by atoms with Crippen LogP contribution in [0.1, 0.15) is 91.3 Å². The van der Waals surface area contributed by atoms with Crippen molar-refractivity contribution in [1.29, 1.82) is 0 Å². The van der Waals surface area contributed by atoms with Crippen molar-refractivity contribution >= 4 is 17.7 Å². The normalized spacial score (nSPS) is 16.9. The third-order valence-electron chi connectivity index (χ3n) is 8.50. The van der Waals surface area contributed by atoms with Gasteiger partial charge in [0.1, 0.15) is 17.8 Å². The minimum Gasteiger partial charge on any atom is -0.444 e. The van der Waals surface area contributed by atoms with Crippen LogP contribution in [0.3, 0.4) is 0 Å². The number of aryl methyl sites for hydroxylation is 1. The van der Waals surface area contributed by atoms with Crippen LogP contribution in [0.2, 0.25) is 0 Å². The Labute approximate surface area is 267 Å². The van der Waals surface area contributed by atoms with Gasteiger partial charge in [0, 0.05) is 30.4 Å². The molecule has 1 aliphatic heterocycles. The van der Waals surface area contributed by atoms with Crippen LogP contribution in [-0.4, -0.2) is 55.8 Å². The SMILES string of the molecule is Cn1cnnc1C(COC(F)(F)F)c1cccc(N2Cc3c(cc(CN(C(=O)OC(C)(C)C)C4(C)CCC4)cc3C(F)(F)F)C2=O)c1. The summed E-state index contributed by atoms with van der Waals surface area (Å²) in [6, 6.07) is 8.26. The van der Waals surface area contributed by atoms with Gasteiger partial charge in [0.15, 0.2) is 0 Å². The first kappa shape index (κ1) is 34.2. The zero-order chi connectivity index (χ0) is 34.5. The maximum absolute atomic E-state index is 14.5. The van der Waals surface area contributed by atoms with Crippen molar-refractivity contribution in [3.05, 3.63) is 76.4 Å². The van der Waals surface area contributed by atoms with E-state index in [-0.39, 0.29) is 40.3 Å². The van der Waals surface area contributed by atoms with Crippen molar-refractivity contribution in [2.75, 3.05) is 11.5 Å². The summed E-state index contributed by atoms with van der Waals surface area (Å²) in [5.41, 5.74) is -2.29. The molecule has 0 bridgehead atoms. The Morgan fingerprint density at radius 2 is 1.79 bits per heavy atom. The van der Waals surface area contributed by atoms with Gasteiger partial charge in [-0.15, -0.1) is 23.4 Å². The van der Waals surface area contributed by atoms with E-state index in [9.17, 15) is 35.9 Å². The fraction of sp³-hybridized carbons (Fsp3) is 0.500. The largest absolute Gasteiger partial charge is 0.522 e. The Morgan fingerprint density at radius 3 is 2.34 bits per heavy atom. The number of carbonyl (C=O) groups excluding carboxylic acids is 2. The molecular formula is C32H35F6N5O4. The molecule has 15 heteroatoms. The van der Waals surface area contributed by atoms with Crippen LogP contribution < -0.4 is 4.90 Å². The van der Waals surface area contributed by atoms with Gasteiger partial charge < -0.3 is 14.2 Å². The Morgan fingerprint density at radius 1 is 1.09 bits per heavy atom. The highest BCUT2D eigenvalue weighted by atomic mass is 19.4. The first-order chi connectivity index (χ1) is 21.8. The zero-order valence-electron chi connectivity index (χ0n) is 26.5. The van der Waals surface area contributed by atoms with Gasteiger partial charge in [-0.25, -0.2) is 4.79 Å². The van der Waals surface area contributed by atoms with Crippen LogP contribution >= 0.6 is 0 Å². The smallest absolute Gasteiger partial charge is 0.444 e. The average Bonchev–Trinajstić information content (AvgIpc) is 3.51. The molecule has 2 heterocycles. The lowest BCUT2D eigenvalue weighted by molar-refractivity contribution is -0.325. The van der Waals surface area contributed by atoms with Crippen molar-refractivity contribution in [3.63, 3.8) is 0 Å². The molecule has 3 aromatic rings. The summed E-state index contributed by atoms with van der Waals surface area (Å²) in [6.07, 6.45) is -6.95. The van der Waals surface area contributed by atoms with Crippen molar-refractivity contribution in [2.45, 2.75) is 89.6 Å². The molecule has 1 aromatic heterocycles. The molecule has 1 unspecified atom stereocenters. The molecule has 47 heavy (non-hydrogen) atoms. The Hall–Kier alpha value is -4.14. The molecule has 2 aromatic carbocycles. The van der Waals surface area contributed by atoms with E-state index in [0.29, 0.717) is 12.8 Å². The number of amides is 2. The Balaban J connectivity index is 1.50. The number of carbonyl (C=O) groups is 2. The van der Waals surface area contributed by atoms with Gasteiger partial charge in [-0.1, -0.05) is 12.1 Å². The van der Waals surface area contributed by atoms with Crippen molar-refractivity contribution in [1.82, 2.24) is 19.7 Å². The number of halogens is 6. The van der Waals surface area contributed by atoms with E-state index >= 15 is 0 Å². The van der Waals surface area contributed by atoms with Crippen LogP contribution in [0, 0.1) is 0 Å². The molecule has 9 nitrogen and oxygen atoms in total. The summed E-state index contributed by atoms with van der Waals surface area (Å²) in [7, 11) is 1.55. The van der Waals surface area contributed by atoms with E-state index in [1.54, 1.807) is 27.8 Å². The van der Waals surface area contributed by atoms with Gasteiger partial charge in [0.2, 0.25) is 0 Å². The van der Waals surface area contributed by atoms with Crippen molar-refractivity contribution in [2.24, 2.45) is 7.05 Å². The van der Waals surface area contributed by atoms with E-state index in [4.69, 9.17) is 4.74 Å². The summed E-state index contributed by atoms with van der Waals surface area (Å²) in [5, 5.41) is 7.66. The lowest BCUT2D eigenvalue weighted by Crippen LogP contribution is -2.54. The highest BCUT2D eigenvalue weighted by Crippen LogP contribution is 2.43. The maximum Gasteiger partial charge on any atom is 0.522 e. The number of hydrogen-bond acceptors (Lipinski definition) is 6. The lowest BCUT2D eigenvalue weighted by Gasteiger charge is -2.47. The number of alkyl halides is 6. The summed E-state index contributed by atoms with van der Waals surface area (Å²) >= 11 is 0. The predicted molar refractivity (Wildman–Crippen MR) is 157 cm³/mol. The quantitative estimate of drug-likeness (QED) is 0.234. The monoisotopic (exact) mass is 667 g/mol. The molecule has 0 radical (unpaired) electrons. The van der Waals surface area contributed by atoms with E-state index in [1.807, 2.05) is 6.92 Å². The minimum absolute atomic E-state index is 0.116. The number of aromatic nitrogens is 3. The molecule has 0 saturated heterocycles. The number of ether oxygens (including phenoxy) is 2.